The zero-order chi connectivity index (χ0) is 10.4. The fourth-order valence-corrected chi connectivity index (χ4v) is 2.18. The Labute approximate surface area is 87.7 Å². The van der Waals surface area contributed by atoms with E-state index in [1.54, 1.807) is 0 Å². The number of H-pyrrole nitrogens is 1. The van der Waals surface area contributed by atoms with E-state index < -0.39 is 0 Å². The number of fused-ring (bicyclic) bond motifs is 1. The summed E-state index contributed by atoms with van der Waals surface area (Å²) in [4.78, 5) is 14.6. The lowest BCUT2D eigenvalue weighted by Gasteiger charge is -2.00. The van der Waals surface area contributed by atoms with Crippen LogP contribution in [0.3, 0.4) is 0 Å². The van der Waals surface area contributed by atoms with Crippen molar-refractivity contribution < 1.29 is 0 Å². The zero-order valence-electron chi connectivity index (χ0n) is 8.73. The van der Waals surface area contributed by atoms with Crippen LogP contribution < -0.4 is 5.69 Å². The van der Waals surface area contributed by atoms with E-state index in [2.05, 4.69) is 11.9 Å². The molecule has 0 bridgehead atoms. The highest BCUT2D eigenvalue weighted by atomic mass is 16.1. The molecule has 0 saturated heterocycles. The Balaban J connectivity index is 2.08. The second-order valence-corrected chi connectivity index (χ2v) is 4.53. The molecule has 2 aromatic rings. The molecule has 1 heterocycles. The van der Waals surface area contributed by atoms with Gasteiger partial charge in [-0.05, 0) is 30.4 Å². The van der Waals surface area contributed by atoms with Crippen molar-refractivity contribution in [2.75, 3.05) is 0 Å². The predicted molar refractivity (Wildman–Crippen MR) is 59.8 cm³/mol. The second kappa shape index (κ2) is 2.99. The molecule has 0 amide bonds. The molecule has 0 unspecified atom stereocenters. The summed E-state index contributed by atoms with van der Waals surface area (Å²) in [5.41, 5.74) is 1.99. The summed E-state index contributed by atoms with van der Waals surface area (Å²) < 4.78 is 1.86. The van der Waals surface area contributed by atoms with E-state index in [0.717, 1.165) is 23.5 Å². The van der Waals surface area contributed by atoms with Crippen molar-refractivity contribution in [3.05, 3.63) is 34.7 Å². The van der Waals surface area contributed by atoms with Crippen LogP contribution in [0.2, 0.25) is 0 Å². The molecule has 2 atom stereocenters. The van der Waals surface area contributed by atoms with Gasteiger partial charge in [-0.1, -0.05) is 19.1 Å². The summed E-state index contributed by atoms with van der Waals surface area (Å²) in [5, 5.41) is 0. The van der Waals surface area contributed by atoms with Crippen molar-refractivity contribution in [2.24, 2.45) is 11.8 Å². The highest BCUT2D eigenvalue weighted by molar-refractivity contribution is 5.74. The molecule has 1 aromatic heterocycles. The first-order valence-electron chi connectivity index (χ1n) is 5.43. The van der Waals surface area contributed by atoms with Crippen LogP contribution in [-0.2, 0) is 6.54 Å². The normalized spacial score (nSPS) is 24.6. The topological polar surface area (TPSA) is 37.8 Å². The van der Waals surface area contributed by atoms with Crippen LogP contribution in [-0.4, -0.2) is 9.55 Å². The maximum Gasteiger partial charge on any atom is 0.326 e. The van der Waals surface area contributed by atoms with E-state index >= 15 is 0 Å². The largest absolute Gasteiger partial charge is 0.326 e. The summed E-state index contributed by atoms with van der Waals surface area (Å²) in [6.07, 6.45) is 1.26. The molecular formula is C12H14N2O. The highest BCUT2D eigenvalue weighted by Crippen LogP contribution is 2.39. The van der Waals surface area contributed by atoms with Crippen LogP contribution in [0, 0.1) is 11.8 Å². The maximum absolute atomic E-state index is 11.7. The Morgan fingerprint density at radius 3 is 2.93 bits per heavy atom. The molecule has 1 aliphatic rings. The first-order chi connectivity index (χ1) is 7.25. The average Bonchev–Trinajstić information content (AvgIpc) is 2.82. The van der Waals surface area contributed by atoms with Gasteiger partial charge < -0.3 is 4.98 Å². The van der Waals surface area contributed by atoms with Crippen molar-refractivity contribution in [1.82, 2.24) is 9.55 Å². The summed E-state index contributed by atoms with van der Waals surface area (Å²) in [5.74, 6) is 1.48. The number of hydrogen-bond acceptors (Lipinski definition) is 1. The van der Waals surface area contributed by atoms with Crippen molar-refractivity contribution >= 4 is 11.0 Å². The minimum atomic E-state index is 0.0234. The number of aromatic amines is 1. The van der Waals surface area contributed by atoms with E-state index in [0.29, 0.717) is 5.92 Å². The number of benzene rings is 1. The molecule has 0 spiro atoms. The third-order valence-electron chi connectivity index (χ3n) is 3.37. The number of nitrogens with zero attached hydrogens (tertiary/aromatic N) is 1. The molecule has 0 radical (unpaired) electrons. The number of hydrogen-bond donors (Lipinski definition) is 1. The predicted octanol–water partition coefficient (Wildman–Crippen LogP) is 1.99. The summed E-state index contributed by atoms with van der Waals surface area (Å²) in [7, 11) is 0. The Kier molecular flexibility index (Phi) is 1.75. The number of nitrogens with one attached hydrogen (secondary N) is 1. The van der Waals surface area contributed by atoms with Gasteiger partial charge in [0.1, 0.15) is 0 Å². The third-order valence-corrected chi connectivity index (χ3v) is 3.37. The molecule has 1 aromatic carbocycles. The summed E-state index contributed by atoms with van der Waals surface area (Å²) in [6.45, 7) is 3.11. The zero-order valence-corrected chi connectivity index (χ0v) is 8.73. The van der Waals surface area contributed by atoms with Crippen molar-refractivity contribution in [3.63, 3.8) is 0 Å². The van der Waals surface area contributed by atoms with E-state index in [-0.39, 0.29) is 5.69 Å². The van der Waals surface area contributed by atoms with Gasteiger partial charge in [0.05, 0.1) is 11.0 Å². The van der Waals surface area contributed by atoms with Gasteiger partial charge in [0, 0.05) is 6.54 Å². The molecule has 15 heavy (non-hydrogen) atoms. The van der Waals surface area contributed by atoms with Gasteiger partial charge in [0.15, 0.2) is 0 Å². The van der Waals surface area contributed by atoms with Gasteiger partial charge >= 0.3 is 5.69 Å². The van der Waals surface area contributed by atoms with Crippen LogP contribution in [0.5, 0.6) is 0 Å². The highest BCUT2D eigenvalue weighted by Gasteiger charge is 2.33. The van der Waals surface area contributed by atoms with Gasteiger partial charge in [-0.2, -0.15) is 0 Å². The lowest BCUT2D eigenvalue weighted by atomic mass is 10.3. The van der Waals surface area contributed by atoms with Crippen molar-refractivity contribution in [1.29, 1.82) is 0 Å². The van der Waals surface area contributed by atoms with Crippen LogP contribution in [0.4, 0.5) is 0 Å². The summed E-state index contributed by atoms with van der Waals surface area (Å²) >= 11 is 0. The Bertz CT molecular complexity index is 552. The van der Waals surface area contributed by atoms with Gasteiger partial charge in [0.25, 0.3) is 0 Å². The van der Waals surface area contributed by atoms with E-state index in [1.807, 2.05) is 28.8 Å². The van der Waals surface area contributed by atoms with E-state index in [1.165, 1.54) is 6.42 Å². The first kappa shape index (κ1) is 8.77. The maximum atomic E-state index is 11.7. The third kappa shape index (κ3) is 1.39. The monoisotopic (exact) mass is 202 g/mol. The molecule has 1 N–H and O–H groups in total. The van der Waals surface area contributed by atoms with Gasteiger partial charge in [0.2, 0.25) is 0 Å². The molecule has 3 nitrogen and oxygen atoms in total. The average molecular weight is 202 g/mol. The van der Waals surface area contributed by atoms with Gasteiger partial charge in [-0.15, -0.1) is 0 Å². The quantitative estimate of drug-likeness (QED) is 0.794. The van der Waals surface area contributed by atoms with Crippen LogP contribution >= 0.6 is 0 Å². The molecule has 1 aliphatic carbocycles. The number of imidazole rings is 1. The minimum Gasteiger partial charge on any atom is -0.306 e. The van der Waals surface area contributed by atoms with Crippen LogP contribution in [0.1, 0.15) is 13.3 Å². The van der Waals surface area contributed by atoms with Crippen LogP contribution in [0.25, 0.3) is 11.0 Å². The number of para-hydroxylation sites is 2. The fourth-order valence-electron chi connectivity index (χ4n) is 2.18. The molecule has 1 saturated carbocycles. The lowest BCUT2D eigenvalue weighted by molar-refractivity contribution is 0.592. The molecule has 1 fully saturated rings. The molecule has 78 valence electrons. The standard InChI is InChI=1S/C12H14N2O/c1-8-6-9(8)7-14-11-5-3-2-4-10(11)13-12(14)15/h2-5,8-9H,6-7H2,1H3,(H,13,15)/t8-,9+/m1/s1. The first-order valence-corrected chi connectivity index (χ1v) is 5.43. The number of rotatable bonds is 2. The molecular weight excluding hydrogens is 188 g/mol. The molecule has 0 aliphatic heterocycles. The SMILES string of the molecule is C[C@@H]1C[C@H]1Cn1c(=O)[nH]c2ccccc21. The second-order valence-electron chi connectivity index (χ2n) is 4.53. The fraction of sp³-hybridized carbons (Fsp3) is 0.417. The molecule has 3 heteroatoms. The van der Waals surface area contributed by atoms with Gasteiger partial charge in [-0.3, -0.25) is 4.57 Å². The van der Waals surface area contributed by atoms with Crippen LogP contribution in [0.15, 0.2) is 29.1 Å². The van der Waals surface area contributed by atoms with E-state index in [9.17, 15) is 4.79 Å². The van der Waals surface area contributed by atoms with Gasteiger partial charge in [-0.25, -0.2) is 4.79 Å². The minimum absolute atomic E-state index is 0.0234. The smallest absolute Gasteiger partial charge is 0.306 e. The van der Waals surface area contributed by atoms with Crippen molar-refractivity contribution in [3.8, 4) is 0 Å². The van der Waals surface area contributed by atoms with E-state index in [4.69, 9.17) is 0 Å². The lowest BCUT2D eigenvalue weighted by Crippen LogP contribution is -2.17. The Hall–Kier alpha value is -1.51. The Morgan fingerprint density at radius 1 is 1.47 bits per heavy atom. The summed E-state index contributed by atoms with van der Waals surface area (Å²) in [6, 6.07) is 7.87. The Morgan fingerprint density at radius 2 is 2.20 bits per heavy atom. The molecule has 3 rings (SSSR count). The van der Waals surface area contributed by atoms with Crippen molar-refractivity contribution in [2.45, 2.75) is 19.9 Å². The number of aromatic nitrogens is 2.